The second kappa shape index (κ2) is 7.09. The van der Waals surface area contributed by atoms with Crippen molar-refractivity contribution in [3.63, 3.8) is 0 Å². The molecular formula is C19H24N4O2. The van der Waals surface area contributed by atoms with Gasteiger partial charge in [0.15, 0.2) is 0 Å². The van der Waals surface area contributed by atoms with Crippen LogP contribution in [0, 0.1) is 13.8 Å². The molecule has 0 spiro atoms. The van der Waals surface area contributed by atoms with E-state index in [9.17, 15) is 9.59 Å². The van der Waals surface area contributed by atoms with Crippen LogP contribution >= 0.6 is 0 Å². The van der Waals surface area contributed by atoms with Crippen LogP contribution in [0.15, 0.2) is 30.6 Å². The Hall–Kier alpha value is -2.63. The van der Waals surface area contributed by atoms with Gasteiger partial charge in [-0.3, -0.25) is 14.6 Å². The number of piperazine rings is 1. The predicted octanol–water partition coefficient (Wildman–Crippen LogP) is 1.56. The predicted molar refractivity (Wildman–Crippen MR) is 95.3 cm³/mol. The lowest BCUT2D eigenvalue weighted by molar-refractivity contribution is -0.131. The molecule has 0 bridgehead atoms. The number of amides is 2. The van der Waals surface area contributed by atoms with E-state index in [0.29, 0.717) is 38.2 Å². The highest BCUT2D eigenvalue weighted by Crippen LogP contribution is 2.16. The Morgan fingerprint density at radius 1 is 1.04 bits per heavy atom. The molecule has 132 valence electrons. The first-order valence-electron chi connectivity index (χ1n) is 8.56. The molecule has 0 unspecified atom stereocenters. The van der Waals surface area contributed by atoms with Gasteiger partial charge >= 0.3 is 0 Å². The van der Waals surface area contributed by atoms with Crippen LogP contribution in [0.25, 0.3) is 0 Å². The zero-order chi connectivity index (χ0) is 18.0. The normalized spacial score (nSPS) is 14.7. The largest absolute Gasteiger partial charge is 0.352 e. The molecule has 1 aliphatic heterocycles. The summed E-state index contributed by atoms with van der Waals surface area (Å²) >= 11 is 0. The summed E-state index contributed by atoms with van der Waals surface area (Å²) in [4.78, 5) is 32.6. The Labute approximate surface area is 148 Å². The van der Waals surface area contributed by atoms with Crippen molar-refractivity contribution < 1.29 is 9.59 Å². The lowest BCUT2D eigenvalue weighted by Crippen LogP contribution is -2.51. The summed E-state index contributed by atoms with van der Waals surface area (Å²) in [6.45, 7) is 6.39. The molecule has 1 fully saturated rings. The third kappa shape index (κ3) is 3.57. The highest BCUT2D eigenvalue weighted by molar-refractivity contribution is 5.94. The van der Waals surface area contributed by atoms with Gasteiger partial charge in [0, 0.05) is 62.6 Å². The Kier molecular flexibility index (Phi) is 4.88. The maximum Gasteiger partial charge on any atom is 0.254 e. The summed E-state index contributed by atoms with van der Waals surface area (Å²) in [5.74, 6) is 0.133. The number of rotatable bonds is 3. The Morgan fingerprint density at radius 3 is 2.20 bits per heavy atom. The topological polar surface area (TPSA) is 58.4 Å². The smallest absolute Gasteiger partial charge is 0.254 e. The zero-order valence-electron chi connectivity index (χ0n) is 15.0. The maximum atomic E-state index is 12.6. The van der Waals surface area contributed by atoms with Gasteiger partial charge in [-0.15, -0.1) is 0 Å². The van der Waals surface area contributed by atoms with E-state index < -0.39 is 0 Å². The molecule has 0 radical (unpaired) electrons. The fourth-order valence-electron chi connectivity index (χ4n) is 3.22. The number of carbonyl (C=O) groups excluding carboxylic acids is 2. The summed E-state index contributed by atoms with van der Waals surface area (Å²) < 4.78 is 2.11. The summed E-state index contributed by atoms with van der Waals surface area (Å²) in [5, 5.41) is 0. The number of aryl methyl sites for hydroxylation is 1. The van der Waals surface area contributed by atoms with E-state index in [2.05, 4.69) is 15.6 Å². The number of hydrogen-bond acceptors (Lipinski definition) is 3. The van der Waals surface area contributed by atoms with Crippen LogP contribution in [0.5, 0.6) is 0 Å². The minimum Gasteiger partial charge on any atom is -0.352 e. The third-order valence-corrected chi connectivity index (χ3v) is 5.07. The summed E-state index contributed by atoms with van der Waals surface area (Å²) in [6.07, 6.45) is 3.67. The maximum absolute atomic E-state index is 12.6. The number of pyridine rings is 1. The number of nitrogens with zero attached hydrogens (tertiary/aromatic N) is 4. The first-order chi connectivity index (χ1) is 12.0. The first-order valence-corrected chi connectivity index (χ1v) is 8.56. The van der Waals surface area contributed by atoms with E-state index in [1.807, 2.05) is 25.8 Å². The van der Waals surface area contributed by atoms with Crippen LogP contribution in [0.4, 0.5) is 0 Å². The quantitative estimate of drug-likeness (QED) is 0.852. The van der Waals surface area contributed by atoms with Crippen LogP contribution in [0.3, 0.4) is 0 Å². The second-order valence-corrected chi connectivity index (χ2v) is 6.54. The third-order valence-electron chi connectivity index (χ3n) is 5.07. The van der Waals surface area contributed by atoms with Crippen molar-refractivity contribution >= 4 is 11.8 Å². The molecule has 3 rings (SSSR count). The van der Waals surface area contributed by atoms with E-state index in [1.165, 1.54) is 0 Å². The highest BCUT2D eigenvalue weighted by Gasteiger charge is 2.25. The van der Waals surface area contributed by atoms with Crippen LogP contribution in [-0.2, 0) is 18.3 Å². The van der Waals surface area contributed by atoms with Crippen LogP contribution in [0.1, 0.15) is 27.3 Å². The molecule has 1 aliphatic rings. The van der Waals surface area contributed by atoms with Gasteiger partial charge in [0.05, 0.1) is 6.42 Å². The molecule has 0 aliphatic carbocycles. The molecule has 0 saturated carbocycles. The van der Waals surface area contributed by atoms with E-state index in [1.54, 1.807) is 29.4 Å². The van der Waals surface area contributed by atoms with Crippen LogP contribution in [-0.4, -0.2) is 57.3 Å². The van der Waals surface area contributed by atoms with Gasteiger partial charge in [-0.25, -0.2) is 0 Å². The van der Waals surface area contributed by atoms with Crippen molar-refractivity contribution in [2.45, 2.75) is 20.3 Å². The van der Waals surface area contributed by atoms with Crippen molar-refractivity contribution in [3.05, 3.63) is 53.1 Å². The molecule has 0 N–H and O–H groups in total. The summed E-state index contributed by atoms with van der Waals surface area (Å²) in [5.41, 5.74) is 4.02. The molecule has 2 aromatic rings. The SMILES string of the molecule is Cc1cc(CC(=O)N2CCN(C(=O)c3ccncc3)CC2)c(C)n1C. The van der Waals surface area contributed by atoms with E-state index in [4.69, 9.17) is 0 Å². The van der Waals surface area contributed by atoms with Crippen molar-refractivity contribution in [1.29, 1.82) is 0 Å². The molecule has 0 aromatic carbocycles. The first kappa shape index (κ1) is 17.2. The lowest BCUT2D eigenvalue weighted by Gasteiger charge is -2.35. The van der Waals surface area contributed by atoms with Crippen molar-refractivity contribution in [2.75, 3.05) is 26.2 Å². The molecule has 3 heterocycles. The van der Waals surface area contributed by atoms with E-state index >= 15 is 0 Å². The monoisotopic (exact) mass is 340 g/mol. The zero-order valence-corrected chi connectivity index (χ0v) is 15.0. The Bertz CT molecular complexity index is 774. The molecule has 0 atom stereocenters. The van der Waals surface area contributed by atoms with Gasteiger partial charge in [-0.2, -0.15) is 0 Å². The van der Waals surface area contributed by atoms with Gasteiger partial charge in [0.1, 0.15) is 0 Å². The van der Waals surface area contributed by atoms with Crippen molar-refractivity contribution in [3.8, 4) is 0 Å². The van der Waals surface area contributed by atoms with Crippen LogP contribution in [0.2, 0.25) is 0 Å². The summed E-state index contributed by atoms with van der Waals surface area (Å²) in [7, 11) is 2.02. The molecular weight excluding hydrogens is 316 g/mol. The van der Waals surface area contributed by atoms with E-state index in [0.717, 1.165) is 17.0 Å². The summed E-state index contributed by atoms with van der Waals surface area (Å²) in [6, 6.07) is 5.52. The van der Waals surface area contributed by atoms with Gasteiger partial charge in [-0.1, -0.05) is 0 Å². The molecule has 6 heteroatoms. The fourth-order valence-corrected chi connectivity index (χ4v) is 3.22. The van der Waals surface area contributed by atoms with Gasteiger partial charge in [0.25, 0.3) is 5.91 Å². The van der Waals surface area contributed by atoms with E-state index in [-0.39, 0.29) is 11.8 Å². The molecule has 2 aromatic heterocycles. The molecule has 25 heavy (non-hydrogen) atoms. The van der Waals surface area contributed by atoms with Crippen molar-refractivity contribution in [1.82, 2.24) is 19.4 Å². The Balaban J connectivity index is 1.57. The highest BCUT2D eigenvalue weighted by atomic mass is 16.2. The average molecular weight is 340 g/mol. The average Bonchev–Trinajstić information content (AvgIpc) is 2.88. The minimum absolute atomic E-state index is 0.00373. The van der Waals surface area contributed by atoms with Crippen LogP contribution < -0.4 is 0 Å². The molecule has 2 amide bonds. The lowest BCUT2D eigenvalue weighted by atomic mass is 10.1. The standard InChI is InChI=1S/C19H24N4O2/c1-14-12-17(15(2)21(14)3)13-18(24)22-8-10-23(11-9-22)19(25)16-4-6-20-7-5-16/h4-7,12H,8-11,13H2,1-3H3. The van der Waals surface area contributed by atoms with Gasteiger partial charge in [-0.05, 0) is 37.6 Å². The number of aromatic nitrogens is 2. The van der Waals surface area contributed by atoms with Gasteiger partial charge < -0.3 is 14.4 Å². The Morgan fingerprint density at radius 2 is 1.64 bits per heavy atom. The minimum atomic E-state index is 0.00373. The number of carbonyl (C=O) groups is 2. The fraction of sp³-hybridized carbons (Fsp3) is 0.421. The number of hydrogen-bond donors (Lipinski definition) is 0. The molecule has 6 nitrogen and oxygen atoms in total. The van der Waals surface area contributed by atoms with Gasteiger partial charge in [0.2, 0.25) is 5.91 Å². The second-order valence-electron chi connectivity index (χ2n) is 6.54. The van der Waals surface area contributed by atoms with Crippen molar-refractivity contribution in [2.24, 2.45) is 7.05 Å². The molecule has 1 saturated heterocycles.